The number of nitrogens with one attached hydrogen (secondary N) is 4. The van der Waals surface area contributed by atoms with E-state index < -0.39 is 9.62 Å². The monoisotopic (exact) mass is 353 g/mol. The van der Waals surface area contributed by atoms with E-state index >= 15 is 0 Å². The number of anilines is 2. The van der Waals surface area contributed by atoms with Crippen molar-refractivity contribution in [3.63, 3.8) is 0 Å². The molecule has 0 bridgehead atoms. The maximum atomic E-state index is 13.3. The Morgan fingerprint density at radius 1 is 1.46 bits per heavy atom. The highest BCUT2D eigenvalue weighted by atomic mass is 32.2. The van der Waals surface area contributed by atoms with E-state index in [1.807, 2.05) is 0 Å². The summed E-state index contributed by atoms with van der Waals surface area (Å²) in [6.07, 6.45) is 1.55. The van der Waals surface area contributed by atoms with Gasteiger partial charge in [-0.15, -0.1) is 0 Å². The van der Waals surface area contributed by atoms with Crippen molar-refractivity contribution in [3.8, 4) is 0 Å². The van der Waals surface area contributed by atoms with E-state index in [2.05, 4.69) is 30.7 Å². The fourth-order valence-corrected chi connectivity index (χ4v) is 2.33. The lowest BCUT2D eigenvalue weighted by Crippen LogP contribution is -2.20. The van der Waals surface area contributed by atoms with Crippen molar-refractivity contribution in [1.82, 2.24) is 10.3 Å². The molecule has 0 amide bonds. The summed E-state index contributed by atoms with van der Waals surface area (Å²) in [5.41, 5.74) is 1.07. The Kier molecular flexibility index (Phi) is 5.39. The first-order valence-corrected chi connectivity index (χ1v) is 9.08. The second kappa shape index (κ2) is 7.30. The van der Waals surface area contributed by atoms with Gasteiger partial charge in [0, 0.05) is 24.2 Å². The minimum atomic E-state index is -2.15. The number of amidine groups is 1. The molecule has 2 aromatic rings. The Bertz CT molecular complexity index is 853. The van der Waals surface area contributed by atoms with Crippen LogP contribution >= 0.6 is 0 Å². The summed E-state index contributed by atoms with van der Waals surface area (Å²) < 4.78 is 33.1. The quantitative estimate of drug-likeness (QED) is 0.168. The Morgan fingerprint density at radius 2 is 2.21 bits per heavy atom. The average Bonchev–Trinajstić information content (AvgIpc) is 2.95. The standard InChI is InChI=1S/C12H17BFN7O2S/c1-24(15,16)5-4-17-11-10(20-23-21-11)12(19-22)18-7-2-3-9(14)8(13)6-7/h2-3,6,15-16,22H,4-5,13H2,1H3,(H,17,21)(H,18,19). The molecule has 128 valence electrons. The molecule has 0 aliphatic carbocycles. The lowest BCUT2D eigenvalue weighted by Gasteiger charge is -2.09. The summed E-state index contributed by atoms with van der Waals surface area (Å²) in [6, 6.07) is 4.33. The maximum Gasteiger partial charge on any atom is 0.203 e. The van der Waals surface area contributed by atoms with E-state index in [-0.39, 0.29) is 23.2 Å². The zero-order valence-corrected chi connectivity index (χ0v) is 13.9. The second-order valence-corrected chi connectivity index (χ2v) is 7.80. The van der Waals surface area contributed by atoms with Crippen LogP contribution < -0.4 is 16.1 Å². The molecule has 0 fully saturated rings. The molecule has 0 saturated heterocycles. The highest BCUT2D eigenvalue weighted by Gasteiger charge is 2.17. The molecule has 1 aromatic heterocycles. The van der Waals surface area contributed by atoms with Gasteiger partial charge in [-0.05, 0) is 28.5 Å². The van der Waals surface area contributed by atoms with Crippen LogP contribution in [0.3, 0.4) is 0 Å². The van der Waals surface area contributed by atoms with Crippen LogP contribution in [0, 0.1) is 15.4 Å². The maximum absolute atomic E-state index is 13.3. The summed E-state index contributed by atoms with van der Waals surface area (Å²) in [5, 5.41) is 25.4. The van der Waals surface area contributed by atoms with Gasteiger partial charge in [0.15, 0.2) is 5.69 Å². The molecule has 0 aliphatic heterocycles. The Morgan fingerprint density at radius 3 is 2.83 bits per heavy atom. The van der Waals surface area contributed by atoms with Gasteiger partial charge in [-0.1, -0.05) is 20.2 Å². The average molecular weight is 353 g/mol. The first-order valence-electron chi connectivity index (χ1n) is 6.87. The van der Waals surface area contributed by atoms with E-state index in [9.17, 15) is 9.60 Å². The van der Waals surface area contributed by atoms with Gasteiger partial charge in [0.05, 0.1) is 0 Å². The molecule has 1 aromatic carbocycles. The van der Waals surface area contributed by atoms with E-state index in [0.29, 0.717) is 23.4 Å². The second-order valence-electron chi connectivity index (χ2n) is 5.22. The molecule has 2 rings (SSSR count). The van der Waals surface area contributed by atoms with Gasteiger partial charge in [0.1, 0.15) is 13.7 Å². The van der Waals surface area contributed by atoms with E-state index in [4.69, 9.17) is 9.56 Å². The molecule has 0 aliphatic rings. The van der Waals surface area contributed by atoms with Crippen molar-refractivity contribution < 1.29 is 14.2 Å². The van der Waals surface area contributed by atoms with Crippen molar-refractivity contribution >= 4 is 40.3 Å². The molecule has 0 radical (unpaired) electrons. The number of oxime groups is 1. The number of rotatable bonds is 6. The van der Waals surface area contributed by atoms with Crippen molar-refractivity contribution in [2.75, 3.05) is 29.2 Å². The fraction of sp³-hybridized carbons (Fsp3) is 0.250. The van der Waals surface area contributed by atoms with Crippen LogP contribution in [0.4, 0.5) is 15.9 Å². The lowest BCUT2D eigenvalue weighted by atomic mass is 9.95. The third kappa shape index (κ3) is 4.68. The van der Waals surface area contributed by atoms with Crippen molar-refractivity contribution in [1.29, 1.82) is 9.56 Å². The van der Waals surface area contributed by atoms with Crippen LogP contribution in [0.2, 0.25) is 0 Å². The molecule has 0 atom stereocenters. The third-order valence-electron chi connectivity index (χ3n) is 3.04. The number of benzene rings is 1. The van der Waals surface area contributed by atoms with Gasteiger partial charge in [-0.3, -0.25) is 9.56 Å². The van der Waals surface area contributed by atoms with E-state index in [1.165, 1.54) is 12.1 Å². The van der Waals surface area contributed by atoms with Gasteiger partial charge in [0.2, 0.25) is 11.7 Å². The summed E-state index contributed by atoms with van der Waals surface area (Å²) in [6.45, 7) is 0.328. The molecular formula is C12H17BFN7O2S. The normalized spacial score (nSPS) is 12.2. The van der Waals surface area contributed by atoms with Crippen LogP contribution in [0.15, 0.2) is 28.0 Å². The minimum absolute atomic E-state index is 0.0309. The summed E-state index contributed by atoms with van der Waals surface area (Å²) in [4.78, 5) is 0. The number of halogens is 1. The van der Waals surface area contributed by atoms with E-state index in [0.717, 1.165) is 0 Å². The molecule has 0 unspecified atom stereocenters. The number of aromatic nitrogens is 2. The Hall–Kier alpha value is -2.63. The van der Waals surface area contributed by atoms with Crippen LogP contribution in [0.1, 0.15) is 5.69 Å². The summed E-state index contributed by atoms with van der Waals surface area (Å²) >= 11 is 0. The highest BCUT2D eigenvalue weighted by molar-refractivity contribution is 7.92. The molecule has 1 heterocycles. The van der Waals surface area contributed by atoms with Gasteiger partial charge >= 0.3 is 0 Å². The zero-order valence-electron chi connectivity index (χ0n) is 13.1. The summed E-state index contributed by atoms with van der Waals surface area (Å²) in [7, 11) is -0.532. The predicted molar refractivity (Wildman–Crippen MR) is 92.9 cm³/mol. The van der Waals surface area contributed by atoms with Crippen LogP contribution in [-0.2, 0) is 9.62 Å². The van der Waals surface area contributed by atoms with Gasteiger partial charge in [0.25, 0.3) is 0 Å². The molecular weight excluding hydrogens is 336 g/mol. The van der Waals surface area contributed by atoms with Crippen LogP contribution in [0.5, 0.6) is 0 Å². The van der Waals surface area contributed by atoms with Crippen molar-refractivity contribution in [3.05, 3.63) is 29.7 Å². The van der Waals surface area contributed by atoms with Crippen LogP contribution in [-0.4, -0.2) is 47.8 Å². The minimum Gasteiger partial charge on any atom is -0.409 e. The molecule has 0 saturated carbocycles. The van der Waals surface area contributed by atoms with E-state index in [1.54, 1.807) is 20.2 Å². The SMILES string of the molecule is Bc1cc(N/C(=N\O)c2nonc2NCCS(C)(=N)=N)ccc1F. The molecule has 12 heteroatoms. The lowest BCUT2D eigenvalue weighted by molar-refractivity contribution is 0.305. The first-order chi connectivity index (χ1) is 11.3. The Labute approximate surface area is 139 Å². The molecule has 0 spiro atoms. The highest BCUT2D eigenvalue weighted by Crippen LogP contribution is 2.14. The first kappa shape index (κ1) is 17.7. The topological polar surface area (TPSA) is 143 Å². The van der Waals surface area contributed by atoms with Gasteiger partial charge < -0.3 is 15.8 Å². The fourth-order valence-electron chi connectivity index (χ4n) is 1.82. The number of hydrogen-bond donors (Lipinski definition) is 5. The van der Waals surface area contributed by atoms with Gasteiger partial charge in [-0.25, -0.2) is 9.02 Å². The van der Waals surface area contributed by atoms with Crippen LogP contribution in [0.25, 0.3) is 0 Å². The Balaban J connectivity index is 2.14. The van der Waals surface area contributed by atoms with Crippen molar-refractivity contribution in [2.24, 2.45) is 5.16 Å². The molecule has 5 N–H and O–H groups in total. The molecule has 24 heavy (non-hydrogen) atoms. The van der Waals surface area contributed by atoms with Crippen molar-refractivity contribution in [2.45, 2.75) is 0 Å². The number of nitrogens with zero attached hydrogens (tertiary/aromatic N) is 3. The van der Waals surface area contributed by atoms with Gasteiger partial charge in [-0.2, -0.15) is 0 Å². The summed E-state index contributed by atoms with van der Waals surface area (Å²) in [5.74, 6) is 0.175. The smallest absolute Gasteiger partial charge is 0.203 e. The number of hydrogen-bond acceptors (Lipinski definition) is 8. The molecule has 9 nitrogen and oxygen atoms in total. The zero-order chi connectivity index (χ0) is 17.7. The predicted octanol–water partition coefficient (Wildman–Crippen LogP) is 0.435. The largest absolute Gasteiger partial charge is 0.409 e. The third-order valence-corrected chi connectivity index (χ3v) is 4.06.